The highest BCUT2D eigenvalue weighted by Crippen LogP contribution is 2.26. The molecule has 0 bridgehead atoms. The van der Waals surface area contributed by atoms with Crippen molar-refractivity contribution < 1.29 is 4.79 Å². The van der Waals surface area contributed by atoms with Crippen LogP contribution in [-0.4, -0.2) is 57.9 Å². The number of benzene rings is 1. The summed E-state index contributed by atoms with van der Waals surface area (Å²) in [5.41, 5.74) is 1.86. The van der Waals surface area contributed by atoms with E-state index in [1.807, 2.05) is 47.9 Å². The van der Waals surface area contributed by atoms with Crippen molar-refractivity contribution in [3.8, 4) is 0 Å². The summed E-state index contributed by atoms with van der Waals surface area (Å²) in [6, 6.07) is 7.90. The van der Waals surface area contributed by atoms with E-state index in [1.165, 1.54) is 0 Å². The number of hydrogen-bond donors (Lipinski definition) is 0. The fourth-order valence-corrected chi connectivity index (χ4v) is 2.88. The molecule has 1 aromatic carbocycles. The molecular weight excluding hydrogens is 266 g/mol. The van der Waals surface area contributed by atoms with Crippen LogP contribution < -0.4 is 0 Å². The largest absolute Gasteiger partial charge is 0.320 e. The molecule has 0 radical (unpaired) electrons. The zero-order valence-corrected chi connectivity index (χ0v) is 12.6. The quantitative estimate of drug-likeness (QED) is 0.836. The van der Waals surface area contributed by atoms with Gasteiger partial charge in [0.15, 0.2) is 0 Å². The maximum Gasteiger partial charge on any atom is 0.224 e. The number of likely N-dealkylation sites (tertiary alicyclic amines) is 1. The lowest BCUT2D eigenvalue weighted by Crippen LogP contribution is -2.36. The van der Waals surface area contributed by atoms with Gasteiger partial charge in [0.2, 0.25) is 5.91 Å². The molecule has 1 unspecified atom stereocenters. The monoisotopic (exact) mass is 287 g/mol. The van der Waals surface area contributed by atoms with Crippen LogP contribution in [0.2, 0.25) is 0 Å². The highest BCUT2D eigenvalue weighted by molar-refractivity contribution is 5.79. The summed E-state index contributed by atoms with van der Waals surface area (Å²) in [5.74, 6) is 0.221. The second-order valence-corrected chi connectivity index (χ2v) is 5.79. The second kappa shape index (κ2) is 5.81. The lowest BCUT2D eigenvalue weighted by atomic mass is 10.2. The van der Waals surface area contributed by atoms with Crippen LogP contribution in [0.1, 0.15) is 25.4 Å². The number of nitrogens with zero attached hydrogens (tertiary/aromatic N) is 5. The molecule has 0 saturated carbocycles. The van der Waals surface area contributed by atoms with Gasteiger partial charge < -0.3 is 9.80 Å². The van der Waals surface area contributed by atoms with Crippen molar-refractivity contribution in [2.24, 2.45) is 0 Å². The minimum atomic E-state index is -0.0465. The van der Waals surface area contributed by atoms with Crippen LogP contribution in [0.15, 0.2) is 24.3 Å². The maximum absolute atomic E-state index is 12.1. The van der Waals surface area contributed by atoms with Gasteiger partial charge >= 0.3 is 0 Å². The molecule has 6 heteroatoms. The third-order valence-corrected chi connectivity index (χ3v) is 3.96. The zero-order valence-electron chi connectivity index (χ0n) is 12.6. The zero-order chi connectivity index (χ0) is 14.8. The number of amides is 1. The Morgan fingerprint density at radius 3 is 2.86 bits per heavy atom. The molecule has 21 heavy (non-hydrogen) atoms. The van der Waals surface area contributed by atoms with E-state index in [0.717, 1.165) is 37.0 Å². The van der Waals surface area contributed by atoms with Crippen LogP contribution in [0, 0.1) is 0 Å². The van der Waals surface area contributed by atoms with Crippen molar-refractivity contribution in [2.45, 2.75) is 25.4 Å². The molecule has 1 amide bonds. The number of aromatic nitrogens is 3. The summed E-state index contributed by atoms with van der Waals surface area (Å²) in [6.45, 7) is 1.72. The predicted octanol–water partition coefficient (Wildman–Crippen LogP) is 1.50. The Morgan fingerprint density at radius 1 is 1.33 bits per heavy atom. The molecule has 0 spiro atoms. The third-order valence-electron chi connectivity index (χ3n) is 3.96. The normalized spacial score (nSPS) is 17.1. The molecule has 0 aliphatic carbocycles. The molecule has 112 valence electrons. The van der Waals surface area contributed by atoms with Crippen molar-refractivity contribution >= 4 is 16.9 Å². The number of fused-ring (bicyclic) bond motifs is 1. The fourth-order valence-electron chi connectivity index (χ4n) is 2.88. The first-order valence-electron chi connectivity index (χ1n) is 7.41. The Balaban J connectivity index is 1.95. The average molecular weight is 287 g/mol. The molecule has 1 fully saturated rings. The van der Waals surface area contributed by atoms with Crippen molar-refractivity contribution in [1.82, 2.24) is 24.8 Å². The molecule has 1 aliphatic rings. The first kappa shape index (κ1) is 14.0. The Morgan fingerprint density at radius 2 is 2.14 bits per heavy atom. The molecule has 1 aromatic heterocycles. The van der Waals surface area contributed by atoms with Gasteiger partial charge in [-0.25, -0.2) is 4.68 Å². The molecule has 3 rings (SSSR count). The average Bonchev–Trinajstić information content (AvgIpc) is 3.07. The van der Waals surface area contributed by atoms with Gasteiger partial charge in [0, 0.05) is 25.9 Å². The number of carbonyl (C=O) groups is 1. The smallest absolute Gasteiger partial charge is 0.224 e. The molecular formula is C15H21N5O. The van der Waals surface area contributed by atoms with Crippen molar-refractivity contribution in [3.05, 3.63) is 24.3 Å². The van der Waals surface area contributed by atoms with E-state index in [2.05, 4.69) is 15.2 Å². The van der Waals surface area contributed by atoms with E-state index >= 15 is 0 Å². The van der Waals surface area contributed by atoms with Crippen molar-refractivity contribution in [3.63, 3.8) is 0 Å². The molecule has 6 nitrogen and oxygen atoms in total. The van der Waals surface area contributed by atoms with Gasteiger partial charge in [-0.05, 0) is 32.6 Å². The topological polar surface area (TPSA) is 54.3 Å². The maximum atomic E-state index is 12.1. The summed E-state index contributed by atoms with van der Waals surface area (Å²) in [5, 5.41) is 8.53. The van der Waals surface area contributed by atoms with Gasteiger partial charge in [-0.3, -0.25) is 4.79 Å². The van der Waals surface area contributed by atoms with E-state index in [1.54, 1.807) is 0 Å². The molecule has 1 saturated heterocycles. The number of rotatable bonds is 5. The van der Waals surface area contributed by atoms with Crippen LogP contribution in [0.3, 0.4) is 0 Å². The van der Waals surface area contributed by atoms with Gasteiger partial charge in [-0.1, -0.05) is 17.3 Å². The lowest BCUT2D eigenvalue weighted by Gasteiger charge is -2.29. The molecule has 2 aromatic rings. The lowest BCUT2D eigenvalue weighted by molar-refractivity contribution is -0.131. The van der Waals surface area contributed by atoms with E-state index in [-0.39, 0.29) is 12.1 Å². The first-order valence-corrected chi connectivity index (χ1v) is 7.41. The predicted molar refractivity (Wildman–Crippen MR) is 80.7 cm³/mol. The number of hydrogen-bond acceptors (Lipinski definition) is 4. The van der Waals surface area contributed by atoms with Gasteiger partial charge in [0.1, 0.15) is 11.7 Å². The van der Waals surface area contributed by atoms with Crippen LogP contribution in [-0.2, 0) is 4.79 Å². The summed E-state index contributed by atoms with van der Waals surface area (Å²) >= 11 is 0. The van der Waals surface area contributed by atoms with Crippen molar-refractivity contribution in [2.75, 3.05) is 27.2 Å². The minimum Gasteiger partial charge on any atom is -0.320 e. The molecule has 1 atom stereocenters. The first-order chi connectivity index (χ1) is 10.2. The summed E-state index contributed by atoms with van der Waals surface area (Å²) in [7, 11) is 4.09. The summed E-state index contributed by atoms with van der Waals surface area (Å²) < 4.78 is 1.90. The van der Waals surface area contributed by atoms with E-state index in [9.17, 15) is 4.79 Å². The van der Waals surface area contributed by atoms with Gasteiger partial charge in [-0.2, -0.15) is 0 Å². The van der Waals surface area contributed by atoms with Crippen LogP contribution in [0.5, 0.6) is 0 Å². The molecule has 1 aliphatic heterocycles. The summed E-state index contributed by atoms with van der Waals surface area (Å²) in [6.07, 6.45) is 2.39. The van der Waals surface area contributed by atoms with E-state index < -0.39 is 0 Å². The van der Waals surface area contributed by atoms with E-state index in [4.69, 9.17) is 0 Å². The molecule has 2 heterocycles. The highest BCUT2D eigenvalue weighted by atomic mass is 16.2. The van der Waals surface area contributed by atoms with Gasteiger partial charge in [-0.15, -0.1) is 5.10 Å². The Labute approximate surface area is 124 Å². The Bertz CT molecular complexity index is 636. The second-order valence-electron chi connectivity index (χ2n) is 5.79. The molecule has 0 N–H and O–H groups in total. The fraction of sp³-hybridized carbons (Fsp3) is 0.533. The van der Waals surface area contributed by atoms with Crippen LogP contribution in [0.4, 0.5) is 0 Å². The SMILES string of the molecule is CN(C)CCC(N1CCCC1=O)n1nnc2ccccc21. The minimum absolute atomic E-state index is 0.0465. The van der Waals surface area contributed by atoms with Crippen molar-refractivity contribution in [1.29, 1.82) is 0 Å². The number of carbonyl (C=O) groups excluding carboxylic acids is 1. The summed E-state index contributed by atoms with van der Waals surface area (Å²) in [4.78, 5) is 16.2. The Kier molecular flexibility index (Phi) is 3.88. The standard InChI is InChI=1S/C15H21N5O/c1-18(2)11-9-14(19-10-5-8-15(19)21)20-13-7-4-3-6-12(13)16-17-20/h3-4,6-7,14H,5,8-11H2,1-2H3. The number of para-hydroxylation sites is 1. The highest BCUT2D eigenvalue weighted by Gasteiger charge is 2.30. The van der Waals surface area contributed by atoms with Crippen LogP contribution in [0.25, 0.3) is 11.0 Å². The van der Waals surface area contributed by atoms with Crippen LogP contribution >= 0.6 is 0 Å². The third kappa shape index (κ3) is 2.76. The Hall–Kier alpha value is -1.95. The van der Waals surface area contributed by atoms with Gasteiger partial charge in [0.25, 0.3) is 0 Å². The van der Waals surface area contributed by atoms with E-state index in [0.29, 0.717) is 6.42 Å². The van der Waals surface area contributed by atoms with Gasteiger partial charge in [0.05, 0.1) is 5.52 Å².